The van der Waals surface area contributed by atoms with Gasteiger partial charge in [-0.3, -0.25) is 0 Å². The van der Waals surface area contributed by atoms with Gasteiger partial charge in [0.05, 0.1) is 11.0 Å². The molecule has 1 aliphatic rings. The Balaban J connectivity index is 0.938. The van der Waals surface area contributed by atoms with E-state index in [-0.39, 0.29) is 5.41 Å². The predicted octanol–water partition coefficient (Wildman–Crippen LogP) is 15.0. The lowest BCUT2D eigenvalue weighted by atomic mass is 9.81. The monoisotopic (exact) mass is 728 g/mol. The highest BCUT2D eigenvalue weighted by Gasteiger charge is 2.35. The summed E-state index contributed by atoms with van der Waals surface area (Å²) in [5.41, 5.74) is 17.4. The normalized spacial score (nSPS) is 12.9. The average Bonchev–Trinajstić information content (AvgIpc) is 3.72. The van der Waals surface area contributed by atoms with Gasteiger partial charge in [-0.1, -0.05) is 141 Å². The predicted molar refractivity (Wildman–Crippen MR) is 241 cm³/mol. The highest BCUT2D eigenvalue weighted by atomic mass is 15.1. The van der Waals surface area contributed by atoms with E-state index in [0.717, 1.165) is 17.1 Å². The van der Waals surface area contributed by atoms with Gasteiger partial charge in [0.2, 0.25) is 0 Å². The molecule has 10 aromatic rings. The number of nitrogens with zero attached hydrogens (tertiary/aromatic N) is 2. The molecule has 1 aromatic heterocycles. The maximum atomic E-state index is 2.40. The van der Waals surface area contributed by atoms with E-state index in [0.29, 0.717) is 0 Å². The molecule has 0 aliphatic heterocycles. The maximum absolute atomic E-state index is 2.40. The van der Waals surface area contributed by atoms with Gasteiger partial charge in [0.25, 0.3) is 0 Å². The summed E-state index contributed by atoms with van der Waals surface area (Å²) < 4.78 is 2.37. The highest BCUT2D eigenvalue weighted by molar-refractivity contribution is 6.10. The van der Waals surface area contributed by atoms with Gasteiger partial charge in [0.15, 0.2) is 0 Å². The van der Waals surface area contributed by atoms with E-state index in [9.17, 15) is 0 Å². The Kier molecular flexibility index (Phi) is 7.55. The first kappa shape index (κ1) is 33.2. The summed E-state index contributed by atoms with van der Waals surface area (Å²) in [6.07, 6.45) is 0. The molecule has 9 aromatic carbocycles. The molecule has 0 spiro atoms. The smallest absolute Gasteiger partial charge is 0.0541 e. The fourth-order valence-electron chi connectivity index (χ4n) is 9.27. The van der Waals surface area contributed by atoms with Gasteiger partial charge in [-0.15, -0.1) is 0 Å². The fraction of sp³-hybridized carbons (Fsp3) is 0.0545. The van der Waals surface area contributed by atoms with Crippen molar-refractivity contribution in [1.29, 1.82) is 0 Å². The van der Waals surface area contributed by atoms with Crippen molar-refractivity contribution in [2.24, 2.45) is 0 Å². The van der Waals surface area contributed by atoms with E-state index in [2.05, 4.69) is 230 Å². The van der Waals surface area contributed by atoms with Crippen LogP contribution in [0, 0.1) is 0 Å². The lowest BCUT2D eigenvalue weighted by molar-refractivity contribution is 0.660. The Morgan fingerprint density at radius 1 is 0.368 bits per heavy atom. The van der Waals surface area contributed by atoms with Gasteiger partial charge in [-0.2, -0.15) is 0 Å². The Bertz CT molecular complexity index is 3130. The van der Waals surface area contributed by atoms with Crippen molar-refractivity contribution in [3.63, 3.8) is 0 Å². The largest absolute Gasteiger partial charge is 0.310 e. The summed E-state index contributed by atoms with van der Waals surface area (Å²) in [4.78, 5) is 2.36. The number of hydrogen-bond acceptors (Lipinski definition) is 1. The van der Waals surface area contributed by atoms with Gasteiger partial charge in [-0.05, 0) is 134 Å². The maximum Gasteiger partial charge on any atom is 0.0541 e. The molecule has 1 heterocycles. The molecule has 270 valence electrons. The van der Waals surface area contributed by atoms with E-state index >= 15 is 0 Å². The van der Waals surface area contributed by atoms with Crippen LogP contribution in [0.15, 0.2) is 206 Å². The van der Waals surface area contributed by atoms with Crippen LogP contribution in [-0.4, -0.2) is 4.57 Å². The van der Waals surface area contributed by atoms with Crippen molar-refractivity contribution in [2.45, 2.75) is 19.3 Å². The number of hydrogen-bond donors (Lipinski definition) is 0. The quantitative estimate of drug-likeness (QED) is 0.165. The first-order valence-corrected chi connectivity index (χ1v) is 19.8. The summed E-state index contributed by atoms with van der Waals surface area (Å²) in [6.45, 7) is 4.69. The molecule has 0 amide bonds. The summed E-state index contributed by atoms with van der Waals surface area (Å²) in [5.74, 6) is 0. The number of fused-ring (bicyclic) bond motifs is 7. The zero-order valence-electron chi connectivity index (χ0n) is 32.0. The van der Waals surface area contributed by atoms with E-state index in [1.807, 2.05) is 0 Å². The molecule has 0 unspecified atom stereocenters. The first-order valence-electron chi connectivity index (χ1n) is 19.8. The third-order valence-corrected chi connectivity index (χ3v) is 12.2. The molecule has 1 aliphatic carbocycles. The number of aromatic nitrogens is 1. The third kappa shape index (κ3) is 5.40. The number of anilines is 3. The summed E-state index contributed by atoms with van der Waals surface area (Å²) in [5, 5.41) is 4.95. The second-order valence-electron chi connectivity index (χ2n) is 15.8. The SMILES string of the molecule is CC1(C)c2ccccc2-c2ccc(-c3ccc(N(c4ccccc4)c4ccc5cc(-c6ccc7c(c6)c6ccccc6n7-c6ccccc6)ccc5c4)cc3)cc21. The van der Waals surface area contributed by atoms with Gasteiger partial charge in [-0.25, -0.2) is 0 Å². The van der Waals surface area contributed by atoms with Crippen LogP contribution < -0.4 is 4.90 Å². The zero-order valence-corrected chi connectivity index (χ0v) is 32.0. The van der Waals surface area contributed by atoms with Crippen LogP contribution in [-0.2, 0) is 5.41 Å². The molecule has 57 heavy (non-hydrogen) atoms. The summed E-state index contributed by atoms with van der Waals surface area (Å²) >= 11 is 0. The van der Waals surface area contributed by atoms with Crippen LogP contribution in [0.4, 0.5) is 17.1 Å². The summed E-state index contributed by atoms with van der Waals surface area (Å²) in [7, 11) is 0. The van der Waals surface area contributed by atoms with Gasteiger partial charge < -0.3 is 9.47 Å². The lowest BCUT2D eigenvalue weighted by Gasteiger charge is -2.26. The standard InChI is InChI=1S/C55H40N2/c1-55(2)51-19-11-9-17-47(51)48-31-26-42(36-52(48)55)37-23-28-45(29-24-37)56(43-13-5-3-6-14-43)46-30-25-39-33-38(21-22-40(39)34-46)41-27-32-54-50(35-41)49-18-10-12-20-53(49)57(54)44-15-7-4-8-16-44/h3-36H,1-2H3. The number of rotatable bonds is 6. The molecular weight excluding hydrogens is 689 g/mol. The third-order valence-electron chi connectivity index (χ3n) is 12.2. The van der Waals surface area contributed by atoms with Crippen LogP contribution >= 0.6 is 0 Å². The Morgan fingerprint density at radius 2 is 0.930 bits per heavy atom. The minimum absolute atomic E-state index is 0.0271. The zero-order chi connectivity index (χ0) is 38.1. The second kappa shape index (κ2) is 13.0. The van der Waals surface area contributed by atoms with E-state index in [4.69, 9.17) is 0 Å². The first-order chi connectivity index (χ1) is 28.0. The Labute approximate surface area is 333 Å². The Hall–Kier alpha value is -7.16. The minimum atomic E-state index is -0.0271. The molecular formula is C55H40N2. The molecule has 11 rings (SSSR count). The molecule has 0 saturated carbocycles. The highest BCUT2D eigenvalue weighted by Crippen LogP contribution is 2.49. The van der Waals surface area contributed by atoms with Crippen LogP contribution in [0.2, 0.25) is 0 Å². The number of benzene rings is 9. The topological polar surface area (TPSA) is 8.17 Å². The summed E-state index contributed by atoms with van der Waals surface area (Å²) in [6, 6.07) is 75.5. The second-order valence-corrected chi connectivity index (χ2v) is 15.8. The Morgan fingerprint density at radius 3 is 1.77 bits per heavy atom. The van der Waals surface area contributed by atoms with Crippen LogP contribution in [0.25, 0.3) is 71.6 Å². The van der Waals surface area contributed by atoms with Gasteiger partial charge in [0.1, 0.15) is 0 Å². The number of para-hydroxylation sites is 3. The molecule has 0 saturated heterocycles. The van der Waals surface area contributed by atoms with Crippen molar-refractivity contribution in [2.75, 3.05) is 4.90 Å². The van der Waals surface area contributed by atoms with Crippen LogP contribution in [0.5, 0.6) is 0 Å². The molecule has 0 atom stereocenters. The molecule has 2 heteroatoms. The van der Waals surface area contributed by atoms with E-state index in [1.54, 1.807) is 0 Å². The van der Waals surface area contributed by atoms with E-state index in [1.165, 1.54) is 82.8 Å². The van der Waals surface area contributed by atoms with Crippen LogP contribution in [0.1, 0.15) is 25.0 Å². The van der Waals surface area contributed by atoms with Gasteiger partial charge in [0, 0.05) is 38.9 Å². The van der Waals surface area contributed by atoms with Crippen molar-refractivity contribution in [3.05, 3.63) is 217 Å². The van der Waals surface area contributed by atoms with Crippen molar-refractivity contribution in [1.82, 2.24) is 4.57 Å². The van der Waals surface area contributed by atoms with E-state index < -0.39 is 0 Å². The minimum Gasteiger partial charge on any atom is -0.310 e. The van der Waals surface area contributed by atoms with Crippen molar-refractivity contribution >= 4 is 49.6 Å². The average molecular weight is 729 g/mol. The van der Waals surface area contributed by atoms with Crippen molar-refractivity contribution < 1.29 is 0 Å². The molecule has 0 fully saturated rings. The van der Waals surface area contributed by atoms with Crippen LogP contribution in [0.3, 0.4) is 0 Å². The lowest BCUT2D eigenvalue weighted by Crippen LogP contribution is -2.14. The van der Waals surface area contributed by atoms with Crippen molar-refractivity contribution in [3.8, 4) is 39.1 Å². The fourth-order valence-corrected chi connectivity index (χ4v) is 9.27. The molecule has 2 nitrogen and oxygen atoms in total. The van der Waals surface area contributed by atoms with Gasteiger partial charge >= 0.3 is 0 Å². The molecule has 0 N–H and O–H groups in total. The molecule has 0 bridgehead atoms. The molecule has 0 radical (unpaired) electrons.